The number of pyridine rings is 2. The van der Waals surface area contributed by atoms with Gasteiger partial charge in [0.15, 0.2) is 11.1 Å². The summed E-state index contributed by atoms with van der Waals surface area (Å²) >= 11 is 0. The minimum atomic E-state index is -4.66. The Morgan fingerprint density at radius 2 is 1.54 bits per heavy atom. The number of fused-ring (bicyclic) bond motifs is 1. The average Bonchev–Trinajstić information content (AvgIpc) is 2.68. The Labute approximate surface area is 157 Å². The highest BCUT2D eigenvalue weighted by Gasteiger charge is 2.34. The van der Waals surface area contributed by atoms with Crippen LogP contribution in [0.4, 0.5) is 24.7 Å². The zero-order valence-electron chi connectivity index (χ0n) is 14.4. The van der Waals surface area contributed by atoms with Gasteiger partial charge in [-0.1, -0.05) is 36.4 Å². The van der Waals surface area contributed by atoms with Gasteiger partial charge in [-0.15, -0.1) is 0 Å². The van der Waals surface area contributed by atoms with E-state index in [1.807, 2.05) is 18.2 Å². The number of halogens is 3. The number of aromatic nitrogens is 2. The molecular weight excluding hydrogens is 367 g/mol. The maximum absolute atomic E-state index is 13.5. The van der Waals surface area contributed by atoms with E-state index < -0.39 is 22.6 Å². The number of rotatable bonds is 3. The molecular formula is C21H14F3N3O. The van der Waals surface area contributed by atoms with Crippen molar-refractivity contribution in [3.63, 3.8) is 0 Å². The van der Waals surface area contributed by atoms with Gasteiger partial charge in [0.25, 0.3) is 0 Å². The summed E-state index contributed by atoms with van der Waals surface area (Å²) in [5, 5.41) is 2.64. The molecule has 0 saturated heterocycles. The second-order valence-corrected chi connectivity index (χ2v) is 6.11. The summed E-state index contributed by atoms with van der Waals surface area (Å²) in [6, 6.07) is 19.8. The SMILES string of the molecule is O=c1cc(Nc2ccccc2)n(-c2ccccc2)c2nccc(C(F)(F)F)c12. The maximum atomic E-state index is 13.5. The number of benzene rings is 2. The van der Waals surface area contributed by atoms with Gasteiger partial charge in [-0.3, -0.25) is 9.36 Å². The van der Waals surface area contributed by atoms with Gasteiger partial charge in [-0.05, 0) is 30.3 Å². The predicted molar refractivity (Wildman–Crippen MR) is 102 cm³/mol. The smallest absolute Gasteiger partial charge is 0.341 e. The molecule has 4 rings (SSSR count). The molecule has 140 valence electrons. The van der Waals surface area contributed by atoms with Crippen LogP contribution in [0.15, 0.2) is 83.8 Å². The Hall–Kier alpha value is -3.61. The lowest BCUT2D eigenvalue weighted by Gasteiger charge is -2.19. The summed E-state index contributed by atoms with van der Waals surface area (Å²) in [6.45, 7) is 0. The molecule has 2 aromatic carbocycles. The maximum Gasteiger partial charge on any atom is 0.417 e. The van der Waals surface area contributed by atoms with Gasteiger partial charge >= 0.3 is 6.18 Å². The highest BCUT2D eigenvalue weighted by Crippen LogP contribution is 2.34. The third-order valence-corrected chi connectivity index (χ3v) is 4.26. The number of hydrogen-bond acceptors (Lipinski definition) is 3. The van der Waals surface area contributed by atoms with Crippen molar-refractivity contribution in [1.29, 1.82) is 0 Å². The molecule has 2 heterocycles. The van der Waals surface area contributed by atoms with Crippen molar-refractivity contribution in [1.82, 2.24) is 9.55 Å². The first-order valence-corrected chi connectivity index (χ1v) is 8.44. The van der Waals surface area contributed by atoms with Crippen molar-refractivity contribution in [2.24, 2.45) is 0 Å². The van der Waals surface area contributed by atoms with Crippen LogP contribution in [-0.2, 0) is 6.18 Å². The fraction of sp³-hybridized carbons (Fsp3) is 0.0476. The van der Waals surface area contributed by atoms with E-state index in [4.69, 9.17) is 0 Å². The lowest BCUT2D eigenvalue weighted by atomic mass is 10.1. The third-order valence-electron chi connectivity index (χ3n) is 4.26. The number of hydrogen-bond donors (Lipinski definition) is 1. The molecule has 28 heavy (non-hydrogen) atoms. The first kappa shape index (κ1) is 17.8. The molecule has 0 fully saturated rings. The monoisotopic (exact) mass is 381 g/mol. The molecule has 0 amide bonds. The molecule has 0 radical (unpaired) electrons. The van der Waals surface area contributed by atoms with Gasteiger partial charge in [0.05, 0.1) is 10.9 Å². The summed E-state index contributed by atoms with van der Waals surface area (Å²) in [7, 11) is 0. The lowest BCUT2D eigenvalue weighted by Crippen LogP contribution is -2.18. The fourth-order valence-corrected chi connectivity index (χ4v) is 3.07. The van der Waals surface area contributed by atoms with E-state index in [9.17, 15) is 18.0 Å². The molecule has 4 aromatic rings. The van der Waals surface area contributed by atoms with Crippen LogP contribution < -0.4 is 10.7 Å². The van der Waals surface area contributed by atoms with Crippen LogP contribution in [0.5, 0.6) is 0 Å². The molecule has 0 spiro atoms. The van der Waals surface area contributed by atoms with Gasteiger partial charge in [0, 0.05) is 23.6 Å². The number of anilines is 2. The minimum Gasteiger partial charge on any atom is -0.341 e. The Bertz CT molecular complexity index is 1190. The standard InChI is InChI=1S/C21H14F3N3O/c22-21(23,24)16-11-12-25-20-19(16)17(28)13-18(26-14-7-3-1-4-8-14)27(20)15-9-5-2-6-10-15/h1-13,26H. The van der Waals surface area contributed by atoms with Crippen molar-refractivity contribution in [2.75, 3.05) is 5.32 Å². The van der Waals surface area contributed by atoms with E-state index in [0.717, 1.165) is 12.3 Å². The zero-order chi connectivity index (χ0) is 19.7. The van der Waals surface area contributed by atoms with Crippen LogP contribution in [0.25, 0.3) is 16.7 Å². The molecule has 1 N–H and O–H groups in total. The number of nitrogens with zero attached hydrogens (tertiary/aromatic N) is 2. The largest absolute Gasteiger partial charge is 0.417 e. The summed E-state index contributed by atoms with van der Waals surface area (Å²) in [5.41, 5.74) is -0.540. The molecule has 0 bridgehead atoms. The second kappa shape index (κ2) is 6.84. The Morgan fingerprint density at radius 3 is 2.18 bits per heavy atom. The summed E-state index contributed by atoms with van der Waals surface area (Å²) in [4.78, 5) is 16.8. The first-order chi connectivity index (χ1) is 13.4. The first-order valence-electron chi connectivity index (χ1n) is 8.44. The molecule has 0 aliphatic rings. The summed E-state index contributed by atoms with van der Waals surface area (Å²) in [6.07, 6.45) is -3.60. The van der Waals surface area contributed by atoms with Gasteiger partial charge in [-0.2, -0.15) is 13.2 Å². The van der Waals surface area contributed by atoms with Crippen molar-refractivity contribution >= 4 is 22.5 Å². The van der Waals surface area contributed by atoms with Crippen molar-refractivity contribution in [3.05, 3.63) is 94.8 Å². The van der Waals surface area contributed by atoms with Gasteiger partial charge in [0.1, 0.15) is 5.82 Å². The molecule has 0 saturated carbocycles. The quantitative estimate of drug-likeness (QED) is 0.534. The van der Waals surface area contributed by atoms with Crippen LogP contribution >= 0.6 is 0 Å². The van der Waals surface area contributed by atoms with Crippen molar-refractivity contribution in [3.8, 4) is 5.69 Å². The van der Waals surface area contributed by atoms with Gasteiger partial charge in [-0.25, -0.2) is 4.98 Å². The Kier molecular flexibility index (Phi) is 4.35. The predicted octanol–water partition coefficient (Wildman–Crippen LogP) is 5.15. The molecule has 0 aliphatic heterocycles. The van der Waals surface area contributed by atoms with E-state index in [1.165, 1.54) is 10.6 Å². The molecule has 7 heteroatoms. The van der Waals surface area contributed by atoms with E-state index in [-0.39, 0.29) is 5.65 Å². The van der Waals surface area contributed by atoms with Gasteiger partial charge < -0.3 is 5.32 Å². The van der Waals surface area contributed by atoms with E-state index in [0.29, 0.717) is 17.2 Å². The number of nitrogens with one attached hydrogen (secondary N) is 1. The molecule has 0 aliphatic carbocycles. The van der Waals surface area contributed by atoms with Gasteiger partial charge in [0.2, 0.25) is 0 Å². The zero-order valence-corrected chi connectivity index (χ0v) is 14.4. The minimum absolute atomic E-state index is 0.0630. The fourth-order valence-electron chi connectivity index (χ4n) is 3.07. The van der Waals surface area contributed by atoms with Crippen molar-refractivity contribution in [2.45, 2.75) is 6.18 Å². The van der Waals surface area contributed by atoms with E-state index in [1.54, 1.807) is 42.5 Å². The molecule has 0 atom stereocenters. The highest BCUT2D eigenvalue weighted by atomic mass is 19.4. The Morgan fingerprint density at radius 1 is 0.893 bits per heavy atom. The van der Waals surface area contributed by atoms with Crippen molar-refractivity contribution < 1.29 is 13.2 Å². The third kappa shape index (κ3) is 3.22. The van der Waals surface area contributed by atoms with E-state index >= 15 is 0 Å². The summed E-state index contributed by atoms with van der Waals surface area (Å²) in [5.74, 6) is 0.321. The number of para-hydroxylation sites is 2. The second-order valence-electron chi connectivity index (χ2n) is 6.11. The van der Waals surface area contributed by atoms with Crippen LogP contribution in [0.3, 0.4) is 0 Å². The topological polar surface area (TPSA) is 46.9 Å². The van der Waals surface area contributed by atoms with E-state index in [2.05, 4.69) is 10.3 Å². The molecule has 0 unspecified atom stereocenters. The normalized spacial score (nSPS) is 11.5. The average molecular weight is 381 g/mol. The summed E-state index contributed by atoms with van der Waals surface area (Å²) < 4.78 is 42.0. The van der Waals surface area contributed by atoms with Crippen LogP contribution in [0.2, 0.25) is 0 Å². The lowest BCUT2D eigenvalue weighted by molar-refractivity contribution is -0.136. The molecule has 4 nitrogen and oxygen atoms in total. The van der Waals surface area contributed by atoms with Crippen LogP contribution in [0.1, 0.15) is 5.56 Å². The highest BCUT2D eigenvalue weighted by molar-refractivity contribution is 5.84. The molecule has 2 aromatic heterocycles. The van der Waals surface area contributed by atoms with Crippen LogP contribution in [0, 0.1) is 0 Å². The number of alkyl halides is 3. The van der Waals surface area contributed by atoms with Crippen LogP contribution in [-0.4, -0.2) is 9.55 Å². The Balaban J connectivity index is 2.06.